The average molecular weight is 202 g/mol. The van der Waals surface area contributed by atoms with Crippen LogP contribution in [0.25, 0.3) is 11.0 Å². The number of aromatic nitrogens is 2. The molecule has 0 aliphatic carbocycles. The first-order valence-electron chi connectivity index (χ1n) is 5.45. The van der Waals surface area contributed by atoms with Crippen LogP contribution in [0.15, 0.2) is 24.5 Å². The molecule has 0 amide bonds. The lowest BCUT2D eigenvalue weighted by Gasteiger charge is -2.22. The van der Waals surface area contributed by atoms with Crippen LogP contribution in [-0.4, -0.2) is 23.2 Å². The fourth-order valence-corrected chi connectivity index (χ4v) is 2.35. The van der Waals surface area contributed by atoms with Gasteiger partial charge in [-0.2, -0.15) is 0 Å². The quantitative estimate of drug-likeness (QED) is 0.771. The first-order chi connectivity index (χ1) is 7.45. The number of nitrogens with one attached hydrogen (secondary N) is 1. The van der Waals surface area contributed by atoms with Crippen molar-refractivity contribution in [1.82, 2.24) is 9.97 Å². The predicted octanol–water partition coefficient (Wildman–Crippen LogP) is 2.46. The van der Waals surface area contributed by atoms with Crippen LogP contribution in [0.1, 0.15) is 24.3 Å². The second kappa shape index (κ2) is 3.66. The minimum absolute atomic E-state index is 0.639. The molecule has 1 fully saturated rings. The van der Waals surface area contributed by atoms with Crippen LogP contribution in [-0.2, 0) is 4.74 Å². The molecule has 3 heteroatoms. The largest absolute Gasteiger partial charge is 0.381 e. The van der Waals surface area contributed by atoms with E-state index in [1.165, 1.54) is 10.9 Å². The van der Waals surface area contributed by atoms with Crippen LogP contribution < -0.4 is 0 Å². The number of hydrogen-bond acceptors (Lipinski definition) is 2. The first-order valence-corrected chi connectivity index (χ1v) is 5.45. The molecule has 0 saturated carbocycles. The van der Waals surface area contributed by atoms with Crippen molar-refractivity contribution in [2.24, 2.45) is 0 Å². The summed E-state index contributed by atoms with van der Waals surface area (Å²) in [6, 6.07) is 4.26. The summed E-state index contributed by atoms with van der Waals surface area (Å²) in [6.45, 7) is 1.78. The van der Waals surface area contributed by atoms with Crippen LogP contribution in [0.5, 0.6) is 0 Å². The van der Waals surface area contributed by atoms with Gasteiger partial charge in [-0.05, 0) is 36.5 Å². The SMILES string of the molecule is c1cc(C2CCOCC2)c2cc[nH]c2n1. The van der Waals surface area contributed by atoms with E-state index in [9.17, 15) is 0 Å². The van der Waals surface area contributed by atoms with Gasteiger partial charge in [0.2, 0.25) is 0 Å². The molecule has 2 aromatic heterocycles. The monoisotopic (exact) mass is 202 g/mol. The van der Waals surface area contributed by atoms with Crippen LogP contribution >= 0.6 is 0 Å². The van der Waals surface area contributed by atoms with E-state index in [1.54, 1.807) is 0 Å². The maximum atomic E-state index is 5.39. The second-order valence-corrected chi connectivity index (χ2v) is 4.03. The lowest BCUT2D eigenvalue weighted by molar-refractivity contribution is 0.0856. The molecule has 3 heterocycles. The molecule has 3 nitrogen and oxygen atoms in total. The van der Waals surface area contributed by atoms with E-state index in [-0.39, 0.29) is 0 Å². The van der Waals surface area contributed by atoms with E-state index in [1.807, 2.05) is 12.4 Å². The van der Waals surface area contributed by atoms with E-state index < -0.39 is 0 Å². The molecule has 0 atom stereocenters. The Hall–Kier alpha value is -1.35. The molecule has 0 bridgehead atoms. The van der Waals surface area contributed by atoms with Gasteiger partial charge in [0, 0.05) is 31.0 Å². The van der Waals surface area contributed by atoms with Crippen molar-refractivity contribution in [1.29, 1.82) is 0 Å². The summed E-state index contributed by atoms with van der Waals surface area (Å²) >= 11 is 0. The molecular weight excluding hydrogens is 188 g/mol. The number of fused-ring (bicyclic) bond motifs is 1. The molecule has 1 aliphatic rings. The predicted molar refractivity (Wildman–Crippen MR) is 58.9 cm³/mol. The Kier molecular flexibility index (Phi) is 2.18. The minimum Gasteiger partial charge on any atom is -0.381 e. The maximum absolute atomic E-state index is 5.39. The van der Waals surface area contributed by atoms with Crippen molar-refractivity contribution in [3.63, 3.8) is 0 Å². The first kappa shape index (κ1) is 8.92. The normalized spacial score (nSPS) is 18.4. The third-order valence-electron chi connectivity index (χ3n) is 3.16. The van der Waals surface area contributed by atoms with Gasteiger partial charge in [0.05, 0.1) is 0 Å². The number of aromatic amines is 1. The highest BCUT2D eigenvalue weighted by Crippen LogP contribution is 2.31. The molecule has 15 heavy (non-hydrogen) atoms. The summed E-state index contributed by atoms with van der Waals surface area (Å²) in [5, 5.41) is 1.27. The zero-order valence-corrected chi connectivity index (χ0v) is 8.57. The van der Waals surface area contributed by atoms with Crippen molar-refractivity contribution in [2.45, 2.75) is 18.8 Å². The van der Waals surface area contributed by atoms with Crippen molar-refractivity contribution in [3.8, 4) is 0 Å². The number of pyridine rings is 1. The van der Waals surface area contributed by atoms with Gasteiger partial charge in [-0.1, -0.05) is 0 Å². The van der Waals surface area contributed by atoms with E-state index in [0.717, 1.165) is 31.7 Å². The van der Waals surface area contributed by atoms with Gasteiger partial charge in [-0.3, -0.25) is 0 Å². The summed E-state index contributed by atoms with van der Waals surface area (Å²) in [5.74, 6) is 0.639. The zero-order chi connectivity index (χ0) is 10.1. The smallest absolute Gasteiger partial charge is 0.137 e. The van der Waals surface area contributed by atoms with Gasteiger partial charge < -0.3 is 9.72 Å². The molecule has 0 spiro atoms. The molecule has 0 aromatic carbocycles. The van der Waals surface area contributed by atoms with Crippen LogP contribution in [0, 0.1) is 0 Å². The second-order valence-electron chi connectivity index (χ2n) is 4.03. The average Bonchev–Trinajstić information content (AvgIpc) is 2.78. The van der Waals surface area contributed by atoms with Gasteiger partial charge in [0.15, 0.2) is 0 Å². The Morgan fingerprint density at radius 3 is 3.00 bits per heavy atom. The Morgan fingerprint density at radius 2 is 2.13 bits per heavy atom. The summed E-state index contributed by atoms with van der Waals surface area (Å²) in [5.41, 5.74) is 2.42. The van der Waals surface area contributed by atoms with Gasteiger partial charge in [-0.15, -0.1) is 0 Å². The fraction of sp³-hybridized carbons (Fsp3) is 0.417. The van der Waals surface area contributed by atoms with Gasteiger partial charge >= 0.3 is 0 Å². The van der Waals surface area contributed by atoms with E-state index in [2.05, 4.69) is 22.1 Å². The highest BCUT2D eigenvalue weighted by molar-refractivity contribution is 5.79. The Balaban J connectivity index is 2.05. The van der Waals surface area contributed by atoms with E-state index in [0.29, 0.717) is 5.92 Å². The van der Waals surface area contributed by atoms with Gasteiger partial charge in [-0.25, -0.2) is 4.98 Å². The summed E-state index contributed by atoms with van der Waals surface area (Å²) in [7, 11) is 0. The topological polar surface area (TPSA) is 37.9 Å². The molecule has 2 aromatic rings. The van der Waals surface area contributed by atoms with Crippen molar-refractivity contribution in [2.75, 3.05) is 13.2 Å². The molecule has 3 rings (SSSR count). The van der Waals surface area contributed by atoms with Crippen LogP contribution in [0.2, 0.25) is 0 Å². The molecule has 1 saturated heterocycles. The highest BCUT2D eigenvalue weighted by Gasteiger charge is 2.18. The molecule has 78 valence electrons. The number of hydrogen-bond donors (Lipinski definition) is 1. The van der Waals surface area contributed by atoms with Crippen LogP contribution in [0.4, 0.5) is 0 Å². The molecule has 1 aliphatic heterocycles. The maximum Gasteiger partial charge on any atom is 0.137 e. The number of H-pyrrole nitrogens is 1. The molecule has 1 N–H and O–H groups in total. The van der Waals surface area contributed by atoms with Crippen molar-refractivity contribution >= 4 is 11.0 Å². The third-order valence-corrected chi connectivity index (χ3v) is 3.16. The van der Waals surface area contributed by atoms with Gasteiger partial charge in [0.1, 0.15) is 5.65 Å². The number of rotatable bonds is 1. The molecule has 0 unspecified atom stereocenters. The number of nitrogens with zero attached hydrogens (tertiary/aromatic N) is 1. The number of ether oxygens (including phenoxy) is 1. The van der Waals surface area contributed by atoms with E-state index >= 15 is 0 Å². The lowest BCUT2D eigenvalue weighted by atomic mass is 9.90. The van der Waals surface area contributed by atoms with Crippen molar-refractivity contribution < 1.29 is 4.74 Å². The summed E-state index contributed by atoms with van der Waals surface area (Å²) < 4.78 is 5.39. The standard InChI is InChI=1S/C12H14N2O/c1-5-13-12-11(2-6-14-12)10(1)9-3-7-15-8-4-9/h1-2,5-6,9H,3-4,7-8H2,(H,13,14). The lowest BCUT2D eigenvalue weighted by Crippen LogP contribution is -2.14. The summed E-state index contributed by atoms with van der Waals surface area (Å²) in [6.07, 6.45) is 6.11. The Bertz CT molecular complexity index is 457. The Morgan fingerprint density at radius 1 is 1.27 bits per heavy atom. The summed E-state index contributed by atoms with van der Waals surface area (Å²) in [4.78, 5) is 7.47. The van der Waals surface area contributed by atoms with Crippen molar-refractivity contribution in [3.05, 3.63) is 30.1 Å². The minimum atomic E-state index is 0.639. The highest BCUT2D eigenvalue weighted by atomic mass is 16.5. The zero-order valence-electron chi connectivity index (χ0n) is 8.57. The van der Waals surface area contributed by atoms with Gasteiger partial charge in [0.25, 0.3) is 0 Å². The van der Waals surface area contributed by atoms with Crippen LogP contribution in [0.3, 0.4) is 0 Å². The Labute approximate surface area is 88.5 Å². The fourth-order valence-electron chi connectivity index (χ4n) is 2.35. The molecule has 0 radical (unpaired) electrons. The van der Waals surface area contributed by atoms with E-state index in [4.69, 9.17) is 4.74 Å². The third kappa shape index (κ3) is 1.53. The molecular formula is C12H14N2O.